The minimum absolute atomic E-state index is 0.248. The monoisotopic (exact) mass is 299 g/mol. The van der Waals surface area contributed by atoms with Gasteiger partial charge in [-0.25, -0.2) is 0 Å². The zero-order chi connectivity index (χ0) is 15.1. The fourth-order valence-electron chi connectivity index (χ4n) is 4.82. The van der Waals surface area contributed by atoms with E-state index in [1.807, 2.05) is 4.90 Å². The molecule has 0 aromatic heterocycles. The number of nitrogens with zero attached hydrogens (tertiary/aromatic N) is 1. The minimum atomic E-state index is 0.248. The van der Waals surface area contributed by atoms with Gasteiger partial charge in [0, 0.05) is 19.0 Å². The fraction of sp³-hybridized carbons (Fsp3) is 0.632. The summed E-state index contributed by atoms with van der Waals surface area (Å²) in [6, 6.07) is 6.91. The quantitative estimate of drug-likeness (QED) is 0.798. The van der Waals surface area contributed by atoms with E-state index in [9.17, 15) is 4.79 Å². The number of carbonyl (C=O) groups excluding carboxylic acids is 1. The summed E-state index contributed by atoms with van der Waals surface area (Å²) < 4.78 is 5.38. The van der Waals surface area contributed by atoms with Crippen molar-refractivity contribution in [2.45, 2.75) is 38.5 Å². The van der Waals surface area contributed by atoms with Gasteiger partial charge in [0.05, 0.1) is 13.2 Å². The Hall–Kier alpha value is -1.35. The molecule has 2 fully saturated rings. The average molecular weight is 299 g/mol. The van der Waals surface area contributed by atoms with Crippen LogP contribution in [0.25, 0.3) is 0 Å². The number of hydrogen-bond acceptors (Lipinski definition) is 2. The maximum atomic E-state index is 12.9. The molecule has 1 aromatic rings. The van der Waals surface area contributed by atoms with Gasteiger partial charge in [-0.3, -0.25) is 4.79 Å². The van der Waals surface area contributed by atoms with Crippen LogP contribution in [-0.4, -0.2) is 37.1 Å². The van der Waals surface area contributed by atoms with E-state index in [4.69, 9.17) is 4.74 Å². The maximum absolute atomic E-state index is 12.9. The Labute approximate surface area is 132 Å². The molecule has 118 valence electrons. The van der Waals surface area contributed by atoms with Gasteiger partial charge in [0.25, 0.3) is 0 Å². The highest BCUT2D eigenvalue weighted by molar-refractivity contribution is 5.80. The van der Waals surface area contributed by atoms with Gasteiger partial charge in [0.2, 0.25) is 5.91 Å². The number of ether oxygens (including phenoxy) is 1. The smallest absolute Gasteiger partial charge is 0.226 e. The van der Waals surface area contributed by atoms with E-state index < -0.39 is 0 Å². The molecule has 2 aliphatic carbocycles. The third kappa shape index (κ3) is 2.36. The summed E-state index contributed by atoms with van der Waals surface area (Å²) in [6.45, 7) is 5.14. The van der Waals surface area contributed by atoms with Gasteiger partial charge in [-0.2, -0.15) is 0 Å². The number of rotatable bonds is 1. The number of fused-ring (bicyclic) bond motifs is 3. The Bertz CT molecular complexity index is 577. The molecule has 3 aliphatic rings. The van der Waals surface area contributed by atoms with Crippen LogP contribution in [0.2, 0.25) is 0 Å². The summed E-state index contributed by atoms with van der Waals surface area (Å²) in [5, 5.41) is 0. The largest absolute Gasteiger partial charge is 0.378 e. The molecule has 3 nitrogen and oxygen atoms in total. The molecule has 0 bridgehead atoms. The lowest BCUT2D eigenvalue weighted by molar-refractivity contribution is -0.141. The van der Waals surface area contributed by atoms with Gasteiger partial charge in [0.15, 0.2) is 0 Å². The molecule has 4 rings (SSSR count). The Balaban J connectivity index is 1.54. The summed E-state index contributed by atoms with van der Waals surface area (Å²) in [7, 11) is 0. The van der Waals surface area contributed by atoms with Crippen molar-refractivity contribution < 1.29 is 9.53 Å². The third-order valence-corrected chi connectivity index (χ3v) is 5.91. The van der Waals surface area contributed by atoms with E-state index in [0.717, 1.165) is 25.9 Å². The standard InChI is InChI=1S/C19H25NO2/c1-13-2-4-15-14(12-13)3-5-17-16(15)6-7-18(17)19(21)20-8-10-22-11-9-20/h2,4,12,16-18H,3,5-11H2,1H3/t16?,17?,18-/m1/s1. The lowest BCUT2D eigenvalue weighted by Crippen LogP contribution is -2.45. The van der Waals surface area contributed by atoms with Crippen LogP contribution in [0.1, 0.15) is 41.9 Å². The SMILES string of the molecule is Cc1ccc2c(c1)CCC1C2CC[C@H]1C(=O)N1CCOCC1. The van der Waals surface area contributed by atoms with Gasteiger partial charge < -0.3 is 9.64 Å². The predicted octanol–water partition coefficient (Wildman–Crippen LogP) is 2.91. The molecule has 1 heterocycles. The Morgan fingerprint density at radius 1 is 1.18 bits per heavy atom. The summed E-state index contributed by atoms with van der Waals surface area (Å²) in [6.07, 6.45) is 4.58. The molecular weight excluding hydrogens is 274 g/mol. The van der Waals surface area contributed by atoms with E-state index >= 15 is 0 Å². The molecule has 22 heavy (non-hydrogen) atoms. The van der Waals surface area contributed by atoms with E-state index in [0.29, 0.717) is 31.0 Å². The van der Waals surface area contributed by atoms with E-state index in [1.54, 1.807) is 0 Å². The van der Waals surface area contributed by atoms with Crippen molar-refractivity contribution in [1.82, 2.24) is 4.90 Å². The molecule has 3 heteroatoms. The first-order valence-corrected chi connectivity index (χ1v) is 8.70. The summed E-state index contributed by atoms with van der Waals surface area (Å²) in [5.41, 5.74) is 4.41. The second-order valence-electron chi connectivity index (χ2n) is 7.13. The van der Waals surface area contributed by atoms with Crippen molar-refractivity contribution in [2.24, 2.45) is 11.8 Å². The van der Waals surface area contributed by atoms with Gasteiger partial charge >= 0.3 is 0 Å². The highest BCUT2D eigenvalue weighted by Crippen LogP contribution is 2.50. The topological polar surface area (TPSA) is 29.5 Å². The van der Waals surface area contributed by atoms with Crippen molar-refractivity contribution in [3.8, 4) is 0 Å². The molecule has 1 aromatic carbocycles. The lowest BCUT2D eigenvalue weighted by Gasteiger charge is -2.35. The summed E-state index contributed by atoms with van der Waals surface area (Å²) >= 11 is 0. The Morgan fingerprint density at radius 3 is 2.82 bits per heavy atom. The molecule has 1 aliphatic heterocycles. The van der Waals surface area contributed by atoms with Crippen molar-refractivity contribution in [1.29, 1.82) is 0 Å². The first kappa shape index (κ1) is 14.3. The second kappa shape index (κ2) is 5.69. The number of carbonyl (C=O) groups is 1. The minimum Gasteiger partial charge on any atom is -0.378 e. The number of benzene rings is 1. The van der Waals surface area contributed by atoms with Crippen LogP contribution < -0.4 is 0 Å². The van der Waals surface area contributed by atoms with Gasteiger partial charge in [0.1, 0.15) is 0 Å². The first-order valence-electron chi connectivity index (χ1n) is 8.70. The average Bonchev–Trinajstić information content (AvgIpc) is 2.99. The summed E-state index contributed by atoms with van der Waals surface area (Å²) in [5.74, 6) is 1.81. The van der Waals surface area contributed by atoms with Crippen molar-refractivity contribution >= 4 is 5.91 Å². The molecule has 1 saturated carbocycles. The van der Waals surface area contributed by atoms with E-state index in [-0.39, 0.29) is 5.92 Å². The van der Waals surface area contributed by atoms with E-state index in [2.05, 4.69) is 25.1 Å². The van der Waals surface area contributed by atoms with Gasteiger partial charge in [-0.1, -0.05) is 23.8 Å². The second-order valence-corrected chi connectivity index (χ2v) is 7.13. The first-order chi connectivity index (χ1) is 10.7. The van der Waals surface area contributed by atoms with Crippen LogP contribution in [0.5, 0.6) is 0 Å². The van der Waals surface area contributed by atoms with Crippen LogP contribution in [-0.2, 0) is 16.0 Å². The molecule has 1 amide bonds. The van der Waals surface area contributed by atoms with Gasteiger partial charge in [-0.15, -0.1) is 0 Å². The van der Waals surface area contributed by atoms with Crippen molar-refractivity contribution in [3.63, 3.8) is 0 Å². The fourth-order valence-corrected chi connectivity index (χ4v) is 4.82. The lowest BCUT2D eigenvalue weighted by atomic mass is 9.74. The number of amides is 1. The zero-order valence-corrected chi connectivity index (χ0v) is 13.4. The number of aryl methyl sites for hydroxylation is 2. The normalized spacial score (nSPS) is 30.8. The molecule has 0 N–H and O–H groups in total. The van der Waals surface area contributed by atoms with Crippen molar-refractivity contribution in [3.05, 3.63) is 34.9 Å². The van der Waals surface area contributed by atoms with Gasteiger partial charge in [-0.05, 0) is 55.6 Å². The zero-order valence-electron chi connectivity index (χ0n) is 13.4. The highest BCUT2D eigenvalue weighted by atomic mass is 16.5. The third-order valence-electron chi connectivity index (χ3n) is 5.91. The molecule has 0 radical (unpaired) electrons. The predicted molar refractivity (Wildman–Crippen MR) is 85.9 cm³/mol. The molecule has 0 spiro atoms. The Kier molecular flexibility index (Phi) is 3.69. The maximum Gasteiger partial charge on any atom is 0.226 e. The van der Waals surface area contributed by atoms with Crippen LogP contribution >= 0.6 is 0 Å². The van der Waals surface area contributed by atoms with Crippen LogP contribution in [0.4, 0.5) is 0 Å². The molecule has 1 saturated heterocycles. The highest BCUT2D eigenvalue weighted by Gasteiger charge is 2.44. The number of morpholine rings is 1. The van der Waals surface area contributed by atoms with Crippen LogP contribution in [0.15, 0.2) is 18.2 Å². The Morgan fingerprint density at radius 2 is 2.00 bits per heavy atom. The summed E-state index contributed by atoms with van der Waals surface area (Å²) in [4.78, 5) is 14.9. The molecular formula is C19H25NO2. The van der Waals surface area contributed by atoms with Crippen LogP contribution in [0.3, 0.4) is 0 Å². The number of hydrogen-bond donors (Lipinski definition) is 0. The van der Waals surface area contributed by atoms with Crippen molar-refractivity contribution in [2.75, 3.05) is 26.3 Å². The molecule has 3 atom stereocenters. The molecule has 2 unspecified atom stereocenters. The van der Waals surface area contributed by atoms with E-state index in [1.165, 1.54) is 29.5 Å². The van der Waals surface area contributed by atoms with Crippen LogP contribution in [0, 0.1) is 18.8 Å².